The minimum atomic E-state index is -1.04. The molecular formula is C26H22N4O7. The monoisotopic (exact) mass is 502 g/mol. The van der Waals surface area contributed by atoms with Crippen molar-refractivity contribution in [2.45, 2.75) is 12.8 Å². The number of ether oxygens (including phenoxy) is 3. The first-order valence-corrected chi connectivity index (χ1v) is 10.9. The van der Waals surface area contributed by atoms with Crippen LogP contribution in [0.2, 0.25) is 0 Å². The molecule has 1 unspecified atom stereocenters. The number of benzene rings is 2. The Balaban J connectivity index is 2.15. The van der Waals surface area contributed by atoms with Crippen molar-refractivity contribution in [3.05, 3.63) is 82.1 Å². The second kappa shape index (κ2) is 9.87. The standard InChI is InChI=1S/C26H22N4O7/c1-13-29-17-10-15(24(31)34-2)11-18(22(17)37-13)30-21(26(33)36-4)20(25(32)35-3)19(16(12-27)23(30)28)14-8-6-5-7-9-14/h5-11,19H,28H2,1-4H3. The lowest BCUT2D eigenvalue weighted by Crippen LogP contribution is -2.41. The summed E-state index contributed by atoms with van der Waals surface area (Å²) in [6.45, 7) is 1.60. The number of anilines is 1. The Morgan fingerprint density at radius 2 is 1.68 bits per heavy atom. The molecular weight excluding hydrogens is 480 g/mol. The number of nitrogens with zero attached hydrogens (tertiary/aromatic N) is 3. The maximum Gasteiger partial charge on any atom is 0.355 e. The lowest BCUT2D eigenvalue weighted by molar-refractivity contribution is -0.139. The van der Waals surface area contributed by atoms with Gasteiger partial charge in [0, 0.05) is 6.92 Å². The molecule has 2 N–H and O–H groups in total. The number of hydrogen-bond acceptors (Lipinski definition) is 11. The number of nitriles is 1. The molecule has 11 heteroatoms. The third-order valence-corrected chi connectivity index (χ3v) is 5.85. The van der Waals surface area contributed by atoms with Crippen LogP contribution in [0.5, 0.6) is 0 Å². The molecule has 0 bridgehead atoms. The summed E-state index contributed by atoms with van der Waals surface area (Å²) in [6, 6.07) is 13.5. The number of methoxy groups -OCH3 is 3. The minimum absolute atomic E-state index is 0.0351. The highest BCUT2D eigenvalue weighted by atomic mass is 16.5. The predicted molar refractivity (Wildman–Crippen MR) is 130 cm³/mol. The highest BCUT2D eigenvalue weighted by molar-refractivity contribution is 6.09. The van der Waals surface area contributed by atoms with Gasteiger partial charge in [-0.2, -0.15) is 5.26 Å². The van der Waals surface area contributed by atoms with Gasteiger partial charge >= 0.3 is 17.9 Å². The Morgan fingerprint density at radius 1 is 1.03 bits per heavy atom. The number of nitrogens with two attached hydrogens (primary N) is 1. The van der Waals surface area contributed by atoms with Crippen LogP contribution in [0.1, 0.15) is 27.7 Å². The third kappa shape index (κ3) is 4.14. The van der Waals surface area contributed by atoms with E-state index in [0.29, 0.717) is 5.56 Å². The Labute approximate surface area is 211 Å². The fourth-order valence-electron chi connectivity index (χ4n) is 4.29. The number of oxazole rings is 1. The van der Waals surface area contributed by atoms with Crippen LogP contribution in [0.3, 0.4) is 0 Å². The summed E-state index contributed by atoms with van der Waals surface area (Å²) in [5.41, 5.74) is 7.09. The maximum absolute atomic E-state index is 13.3. The zero-order valence-corrected chi connectivity index (χ0v) is 20.4. The van der Waals surface area contributed by atoms with E-state index in [1.807, 2.05) is 0 Å². The third-order valence-electron chi connectivity index (χ3n) is 5.85. The first-order valence-electron chi connectivity index (χ1n) is 10.9. The van der Waals surface area contributed by atoms with Crippen LogP contribution in [-0.2, 0) is 23.8 Å². The van der Waals surface area contributed by atoms with Gasteiger partial charge in [-0.25, -0.2) is 19.4 Å². The lowest BCUT2D eigenvalue weighted by Gasteiger charge is -2.35. The minimum Gasteiger partial charge on any atom is -0.466 e. The number of esters is 3. The average Bonchev–Trinajstić information content (AvgIpc) is 3.31. The molecule has 0 radical (unpaired) electrons. The lowest BCUT2D eigenvalue weighted by atomic mass is 9.81. The van der Waals surface area contributed by atoms with E-state index in [9.17, 15) is 19.6 Å². The molecule has 3 aromatic rings. The van der Waals surface area contributed by atoms with Gasteiger partial charge in [-0.3, -0.25) is 4.90 Å². The van der Waals surface area contributed by atoms with Gasteiger partial charge in [0.05, 0.1) is 55.7 Å². The van der Waals surface area contributed by atoms with Crippen LogP contribution >= 0.6 is 0 Å². The van der Waals surface area contributed by atoms with Gasteiger partial charge in [0.1, 0.15) is 17.0 Å². The molecule has 0 amide bonds. The maximum atomic E-state index is 13.3. The van der Waals surface area contributed by atoms with Crippen molar-refractivity contribution in [1.29, 1.82) is 5.26 Å². The van der Waals surface area contributed by atoms with Gasteiger partial charge in [-0.05, 0) is 17.7 Å². The topological polar surface area (TPSA) is 158 Å². The molecule has 0 saturated carbocycles. The Bertz CT molecular complexity index is 1530. The van der Waals surface area contributed by atoms with Crippen molar-refractivity contribution < 1.29 is 33.0 Å². The van der Waals surface area contributed by atoms with E-state index in [4.69, 9.17) is 24.4 Å². The molecule has 37 heavy (non-hydrogen) atoms. The summed E-state index contributed by atoms with van der Waals surface area (Å²) in [6.07, 6.45) is 0. The van der Waals surface area contributed by atoms with Crippen LogP contribution in [0.4, 0.5) is 5.69 Å². The average molecular weight is 502 g/mol. The van der Waals surface area contributed by atoms with E-state index in [-0.39, 0.29) is 50.9 Å². The SMILES string of the molecule is COC(=O)C1=C(C(=O)OC)N(c2cc(C(=O)OC)cc3nc(C)oc23)C(N)=C(C#N)C1c1ccccc1. The van der Waals surface area contributed by atoms with Crippen molar-refractivity contribution in [1.82, 2.24) is 4.98 Å². The molecule has 0 spiro atoms. The quantitative estimate of drug-likeness (QED) is 0.404. The summed E-state index contributed by atoms with van der Waals surface area (Å²) < 4.78 is 20.7. The molecule has 1 aliphatic heterocycles. The number of rotatable bonds is 5. The zero-order valence-electron chi connectivity index (χ0n) is 20.4. The van der Waals surface area contributed by atoms with Gasteiger partial charge in [-0.15, -0.1) is 0 Å². The summed E-state index contributed by atoms with van der Waals surface area (Å²) in [4.78, 5) is 44.4. The van der Waals surface area contributed by atoms with Crippen LogP contribution < -0.4 is 10.6 Å². The molecule has 4 rings (SSSR count). The highest BCUT2D eigenvalue weighted by Crippen LogP contribution is 2.45. The molecule has 1 atom stereocenters. The summed E-state index contributed by atoms with van der Waals surface area (Å²) in [5, 5.41) is 10.2. The van der Waals surface area contributed by atoms with Gasteiger partial charge in [0.25, 0.3) is 0 Å². The van der Waals surface area contributed by atoms with Gasteiger partial charge in [0.2, 0.25) is 0 Å². The van der Waals surface area contributed by atoms with Crippen molar-refractivity contribution in [3.8, 4) is 6.07 Å². The van der Waals surface area contributed by atoms with E-state index in [2.05, 4.69) is 11.1 Å². The normalized spacial score (nSPS) is 15.4. The number of hydrogen-bond donors (Lipinski definition) is 1. The second-order valence-corrected chi connectivity index (χ2v) is 7.90. The smallest absolute Gasteiger partial charge is 0.355 e. The number of carbonyl (C=O) groups excluding carboxylic acids is 3. The van der Waals surface area contributed by atoms with Gasteiger partial charge in [-0.1, -0.05) is 30.3 Å². The summed E-state index contributed by atoms with van der Waals surface area (Å²) in [5.74, 6) is -3.47. The number of aromatic nitrogens is 1. The number of fused-ring (bicyclic) bond motifs is 1. The number of aryl methyl sites for hydroxylation is 1. The second-order valence-electron chi connectivity index (χ2n) is 7.90. The van der Waals surface area contributed by atoms with E-state index in [1.165, 1.54) is 19.2 Å². The van der Waals surface area contributed by atoms with E-state index < -0.39 is 23.8 Å². The molecule has 11 nitrogen and oxygen atoms in total. The number of carbonyl (C=O) groups is 3. The molecule has 188 valence electrons. The Kier molecular flexibility index (Phi) is 6.67. The fourth-order valence-corrected chi connectivity index (χ4v) is 4.29. The molecule has 1 aliphatic rings. The largest absolute Gasteiger partial charge is 0.466 e. The Morgan fingerprint density at radius 3 is 2.27 bits per heavy atom. The Hall–Kier alpha value is -5.11. The van der Waals surface area contributed by atoms with E-state index in [0.717, 1.165) is 19.1 Å². The highest BCUT2D eigenvalue weighted by Gasteiger charge is 2.44. The zero-order chi connectivity index (χ0) is 26.9. The fraction of sp³-hybridized carbons (Fsp3) is 0.192. The molecule has 0 aliphatic carbocycles. The predicted octanol–water partition coefficient (Wildman–Crippen LogP) is 2.82. The molecule has 0 fully saturated rings. The van der Waals surface area contributed by atoms with Crippen LogP contribution in [0.25, 0.3) is 11.1 Å². The molecule has 2 aromatic carbocycles. The van der Waals surface area contributed by atoms with E-state index in [1.54, 1.807) is 37.3 Å². The van der Waals surface area contributed by atoms with Crippen molar-refractivity contribution in [3.63, 3.8) is 0 Å². The van der Waals surface area contributed by atoms with Crippen LogP contribution in [-0.4, -0.2) is 44.2 Å². The van der Waals surface area contributed by atoms with Crippen molar-refractivity contribution in [2.75, 3.05) is 26.2 Å². The van der Waals surface area contributed by atoms with Crippen molar-refractivity contribution >= 4 is 34.7 Å². The molecule has 1 aromatic heterocycles. The van der Waals surface area contributed by atoms with E-state index >= 15 is 0 Å². The van der Waals surface area contributed by atoms with Gasteiger partial charge < -0.3 is 24.4 Å². The first kappa shape index (κ1) is 25.0. The number of allylic oxidation sites excluding steroid dienone is 1. The molecule has 2 heterocycles. The van der Waals surface area contributed by atoms with Crippen LogP contribution in [0.15, 0.2) is 69.5 Å². The van der Waals surface area contributed by atoms with Crippen LogP contribution in [0, 0.1) is 18.3 Å². The van der Waals surface area contributed by atoms with Gasteiger partial charge in [0.15, 0.2) is 11.5 Å². The first-order chi connectivity index (χ1) is 17.8. The molecule has 0 saturated heterocycles. The summed E-state index contributed by atoms with van der Waals surface area (Å²) in [7, 11) is 3.50. The van der Waals surface area contributed by atoms with Crippen molar-refractivity contribution in [2.24, 2.45) is 5.73 Å². The summed E-state index contributed by atoms with van der Waals surface area (Å²) >= 11 is 0.